The van der Waals surface area contributed by atoms with Crippen LogP contribution < -0.4 is 4.90 Å². The highest BCUT2D eigenvalue weighted by Gasteiger charge is 2.44. The molecule has 0 spiro atoms. The van der Waals surface area contributed by atoms with Gasteiger partial charge in [0.25, 0.3) is 5.91 Å². The van der Waals surface area contributed by atoms with Crippen LogP contribution in [0.1, 0.15) is 83.8 Å². The van der Waals surface area contributed by atoms with E-state index in [0.717, 1.165) is 37.7 Å². The standard InChI is InChI=1S/C28H36FN5O3/c1-19(13-16-29)24(35)34(17-8-6-7-12-22-30-25(36-32-22)27(2,3)4)21-11-9-10-20(18-21)23-31-26(37-33-23)28(5)14-15-28/h9-11,18H,1,6-8,12-17H2,2-5H3. The molecule has 0 unspecified atom stereocenters. The molecule has 3 aromatic rings. The molecule has 37 heavy (non-hydrogen) atoms. The summed E-state index contributed by atoms with van der Waals surface area (Å²) in [6.07, 6.45) is 5.28. The largest absolute Gasteiger partial charge is 0.339 e. The van der Waals surface area contributed by atoms with Gasteiger partial charge in [-0.1, -0.05) is 63.1 Å². The molecule has 2 aromatic heterocycles. The number of unbranched alkanes of at least 4 members (excludes halogenated alkanes) is 2. The second-order valence-electron chi connectivity index (χ2n) is 11.1. The van der Waals surface area contributed by atoms with E-state index in [2.05, 4.69) is 33.8 Å². The Morgan fingerprint density at radius 3 is 2.59 bits per heavy atom. The van der Waals surface area contributed by atoms with Gasteiger partial charge in [0.05, 0.1) is 6.67 Å². The predicted octanol–water partition coefficient (Wildman–Crippen LogP) is 6.13. The minimum absolute atomic E-state index is 0.00967. The third-order valence-electron chi connectivity index (χ3n) is 6.69. The molecule has 4 rings (SSSR count). The van der Waals surface area contributed by atoms with Gasteiger partial charge in [0, 0.05) is 47.0 Å². The van der Waals surface area contributed by atoms with E-state index in [1.807, 2.05) is 45.0 Å². The minimum atomic E-state index is -0.621. The fourth-order valence-electron chi connectivity index (χ4n) is 3.95. The lowest BCUT2D eigenvalue weighted by Crippen LogP contribution is -2.33. The number of amides is 1. The average molecular weight is 510 g/mol. The molecule has 0 radical (unpaired) electrons. The minimum Gasteiger partial charge on any atom is -0.339 e. The highest BCUT2D eigenvalue weighted by atomic mass is 19.1. The number of halogens is 1. The Labute approximate surface area is 217 Å². The van der Waals surface area contributed by atoms with Gasteiger partial charge in [0.15, 0.2) is 5.82 Å². The van der Waals surface area contributed by atoms with Crippen molar-refractivity contribution in [3.63, 3.8) is 0 Å². The smallest absolute Gasteiger partial charge is 0.253 e. The van der Waals surface area contributed by atoms with Crippen LogP contribution in [0.15, 0.2) is 45.5 Å². The molecule has 1 aliphatic carbocycles. The normalized spacial score (nSPS) is 14.5. The van der Waals surface area contributed by atoms with Crippen molar-refractivity contribution in [2.24, 2.45) is 0 Å². The molecule has 2 heterocycles. The van der Waals surface area contributed by atoms with Crippen molar-refractivity contribution in [1.82, 2.24) is 20.3 Å². The van der Waals surface area contributed by atoms with Crippen LogP contribution in [-0.4, -0.2) is 39.4 Å². The Morgan fingerprint density at radius 2 is 1.92 bits per heavy atom. The number of benzene rings is 1. The number of nitrogens with zero attached hydrogens (tertiary/aromatic N) is 5. The Hall–Kier alpha value is -3.36. The summed E-state index contributed by atoms with van der Waals surface area (Å²) in [4.78, 5) is 23.9. The van der Waals surface area contributed by atoms with Crippen molar-refractivity contribution in [2.75, 3.05) is 18.1 Å². The summed E-state index contributed by atoms with van der Waals surface area (Å²) in [5.41, 5.74) is 1.50. The average Bonchev–Trinajstić information content (AvgIpc) is 3.26. The molecular formula is C28H36FN5O3. The van der Waals surface area contributed by atoms with Crippen LogP contribution in [0.25, 0.3) is 11.4 Å². The zero-order chi connectivity index (χ0) is 26.6. The lowest BCUT2D eigenvalue weighted by atomic mass is 9.97. The van der Waals surface area contributed by atoms with E-state index in [1.165, 1.54) is 0 Å². The van der Waals surface area contributed by atoms with Gasteiger partial charge in [-0.2, -0.15) is 9.97 Å². The number of aryl methyl sites for hydroxylation is 1. The molecule has 0 saturated heterocycles. The van der Waals surface area contributed by atoms with Crippen LogP contribution in [0.5, 0.6) is 0 Å². The number of hydrogen-bond acceptors (Lipinski definition) is 7. The van der Waals surface area contributed by atoms with Gasteiger partial charge >= 0.3 is 0 Å². The zero-order valence-corrected chi connectivity index (χ0v) is 22.2. The molecule has 1 fully saturated rings. The Bertz CT molecular complexity index is 1240. The Kier molecular flexibility index (Phi) is 7.90. The maximum Gasteiger partial charge on any atom is 0.253 e. The summed E-state index contributed by atoms with van der Waals surface area (Å²) >= 11 is 0. The van der Waals surface area contributed by atoms with Crippen LogP contribution in [-0.2, 0) is 22.0 Å². The third kappa shape index (κ3) is 6.50. The van der Waals surface area contributed by atoms with Crippen LogP contribution in [0.3, 0.4) is 0 Å². The number of rotatable bonds is 12. The van der Waals surface area contributed by atoms with E-state index in [0.29, 0.717) is 42.1 Å². The molecule has 9 heteroatoms. The molecule has 0 N–H and O–H groups in total. The first-order chi connectivity index (χ1) is 17.6. The topological polar surface area (TPSA) is 98.2 Å². The van der Waals surface area contributed by atoms with Crippen molar-refractivity contribution in [1.29, 1.82) is 0 Å². The van der Waals surface area contributed by atoms with Gasteiger partial charge in [0.1, 0.15) is 0 Å². The first kappa shape index (κ1) is 26.7. The number of anilines is 1. The monoisotopic (exact) mass is 509 g/mol. The summed E-state index contributed by atoms with van der Waals surface area (Å²) in [7, 11) is 0. The fourth-order valence-corrected chi connectivity index (χ4v) is 3.95. The summed E-state index contributed by atoms with van der Waals surface area (Å²) in [6, 6.07) is 7.49. The first-order valence-corrected chi connectivity index (χ1v) is 12.9. The lowest BCUT2D eigenvalue weighted by Gasteiger charge is -2.24. The first-order valence-electron chi connectivity index (χ1n) is 12.9. The number of aromatic nitrogens is 4. The van der Waals surface area contributed by atoms with E-state index < -0.39 is 6.67 Å². The van der Waals surface area contributed by atoms with Gasteiger partial charge in [-0.15, -0.1) is 0 Å². The second-order valence-corrected chi connectivity index (χ2v) is 11.1. The van der Waals surface area contributed by atoms with Crippen molar-refractivity contribution in [3.8, 4) is 11.4 Å². The van der Waals surface area contributed by atoms with Gasteiger partial charge in [-0.25, -0.2) is 0 Å². The molecule has 0 atom stereocenters. The van der Waals surface area contributed by atoms with Crippen molar-refractivity contribution in [2.45, 2.75) is 83.5 Å². The summed E-state index contributed by atoms with van der Waals surface area (Å²) in [5.74, 6) is 2.19. The van der Waals surface area contributed by atoms with Crippen molar-refractivity contribution >= 4 is 11.6 Å². The highest BCUT2D eigenvalue weighted by Crippen LogP contribution is 2.47. The van der Waals surface area contributed by atoms with E-state index in [1.54, 1.807) is 4.90 Å². The molecule has 1 amide bonds. The van der Waals surface area contributed by atoms with Crippen molar-refractivity contribution in [3.05, 3.63) is 54.0 Å². The van der Waals surface area contributed by atoms with Gasteiger partial charge in [-0.05, 0) is 37.8 Å². The van der Waals surface area contributed by atoms with E-state index in [9.17, 15) is 9.18 Å². The van der Waals surface area contributed by atoms with Crippen LogP contribution >= 0.6 is 0 Å². The van der Waals surface area contributed by atoms with Crippen LogP contribution in [0.2, 0.25) is 0 Å². The van der Waals surface area contributed by atoms with Gasteiger partial charge in [0.2, 0.25) is 17.6 Å². The third-order valence-corrected chi connectivity index (χ3v) is 6.69. The zero-order valence-electron chi connectivity index (χ0n) is 22.2. The summed E-state index contributed by atoms with van der Waals surface area (Å²) in [6.45, 7) is 11.9. The maximum absolute atomic E-state index is 13.2. The molecule has 1 aromatic carbocycles. The number of alkyl halides is 1. The van der Waals surface area contributed by atoms with Crippen LogP contribution in [0, 0.1) is 0 Å². The number of carbonyl (C=O) groups is 1. The summed E-state index contributed by atoms with van der Waals surface area (Å²) < 4.78 is 23.8. The Morgan fingerprint density at radius 1 is 1.14 bits per heavy atom. The fraction of sp³-hybridized carbons (Fsp3) is 0.536. The second kappa shape index (κ2) is 10.9. The van der Waals surface area contributed by atoms with E-state index in [-0.39, 0.29) is 28.7 Å². The quantitative estimate of drug-likeness (QED) is 0.214. The number of hydrogen-bond donors (Lipinski definition) is 0. The number of carbonyl (C=O) groups excluding carboxylic acids is 1. The molecule has 1 aliphatic rings. The van der Waals surface area contributed by atoms with E-state index in [4.69, 9.17) is 9.05 Å². The molecule has 0 aliphatic heterocycles. The van der Waals surface area contributed by atoms with Gasteiger partial charge < -0.3 is 13.9 Å². The maximum atomic E-state index is 13.2. The SMILES string of the molecule is C=C(CCF)C(=O)N(CCCCCc1noc(C(C)(C)C)n1)c1cccc(-c2noc(C3(C)CC3)n2)c1. The van der Waals surface area contributed by atoms with Crippen molar-refractivity contribution < 1.29 is 18.2 Å². The van der Waals surface area contributed by atoms with Gasteiger partial charge in [-0.3, -0.25) is 9.18 Å². The lowest BCUT2D eigenvalue weighted by molar-refractivity contribution is -0.115. The molecule has 0 bridgehead atoms. The predicted molar refractivity (Wildman–Crippen MR) is 139 cm³/mol. The highest BCUT2D eigenvalue weighted by molar-refractivity contribution is 6.05. The molecule has 198 valence electrons. The Balaban J connectivity index is 1.42. The summed E-state index contributed by atoms with van der Waals surface area (Å²) in [5, 5.41) is 8.24. The molecule has 8 nitrogen and oxygen atoms in total. The molecular weight excluding hydrogens is 473 g/mol. The molecule has 1 saturated carbocycles. The van der Waals surface area contributed by atoms with E-state index >= 15 is 0 Å². The van der Waals surface area contributed by atoms with Crippen LogP contribution in [0.4, 0.5) is 10.1 Å².